The zero-order chi connectivity index (χ0) is 13.0. The molecule has 0 bridgehead atoms. The van der Waals surface area contributed by atoms with E-state index < -0.39 is 0 Å². The monoisotopic (exact) mass is 259 g/mol. The second-order valence-corrected chi connectivity index (χ2v) is 5.68. The van der Waals surface area contributed by atoms with Gasteiger partial charge < -0.3 is 5.32 Å². The fourth-order valence-corrected chi connectivity index (χ4v) is 2.72. The van der Waals surface area contributed by atoms with Crippen LogP contribution in [0.1, 0.15) is 35.2 Å². The standard InChI is InChI=1S/C16H21NS/c1-12-4-5-16(10-13(12)2)14(3)17-8-6-15-7-9-18-11-15/h4-5,7,9-11,14,17H,6,8H2,1-3H3. The molecule has 1 N–H and O–H groups in total. The van der Waals surface area contributed by atoms with Gasteiger partial charge in [0.1, 0.15) is 0 Å². The number of aryl methyl sites for hydroxylation is 2. The number of hydrogen-bond acceptors (Lipinski definition) is 2. The lowest BCUT2D eigenvalue weighted by Crippen LogP contribution is -2.21. The minimum absolute atomic E-state index is 0.419. The van der Waals surface area contributed by atoms with E-state index >= 15 is 0 Å². The summed E-state index contributed by atoms with van der Waals surface area (Å²) in [7, 11) is 0. The summed E-state index contributed by atoms with van der Waals surface area (Å²) >= 11 is 1.77. The van der Waals surface area contributed by atoms with Crippen molar-refractivity contribution < 1.29 is 0 Å². The molecule has 1 heterocycles. The molecular weight excluding hydrogens is 238 g/mol. The zero-order valence-electron chi connectivity index (χ0n) is 11.4. The zero-order valence-corrected chi connectivity index (χ0v) is 12.2. The van der Waals surface area contributed by atoms with E-state index in [0.717, 1.165) is 13.0 Å². The molecule has 0 radical (unpaired) electrons. The van der Waals surface area contributed by atoms with Crippen LogP contribution in [-0.2, 0) is 6.42 Å². The highest BCUT2D eigenvalue weighted by atomic mass is 32.1. The molecule has 1 nitrogen and oxygen atoms in total. The average Bonchev–Trinajstić information content (AvgIpc) is 2.85. The van der Waals surface area contributed by atoms with Gasteiger partial charge in [0, 0.05) is 6.04 Å². The van der Waals surface area contributed by atoms with E-state index in [9.17, 15) is 0 Å². The quantitative estimate of drug-likeness (QED) is 0.846. The van der Waals surface area contributed by atoms with E-state index in [0.29, 0.717) is 6.04 Å². The summed E-state index contributed by atoms with van der Waals surface area (Å²) in [5.41, 5.74) is 5.55. The third-order valence-corrected chi connectivity index (χ3v) is 4.21. The normalized spacial score (nSPS) is 12.6. The van der Waals surface area contributed by atoms with Crippen molar-refractivity contribution in [2.24, 2.45) is 0 Å². The molecule has 0 spiro atoms. The Labute approximate surface area is 114 Å². The van der Waals surface area contributed by atoms with Crippen LogP contribution >= 0.6 is 11.3 Å². The van der Waals surface area contributed by atoms with Crippen LogP contribution in [0.4, 0.5) is 0 Å². The Morgan fingerprint density at radius 1 is 1.17 bits per heavy atom. The summed E-state index contributed by atoms with van der Waals surface area (Å²) in [6.45, 7) is 7.60. The summed E-state index contributed by atoms with van der Waals surface area (Å²) < 4.78 is 0. The topological polar surface area (TPSA) is 12.0 Å². The van der Waals surface area contributed by atoms with Crippen LogP contribution < -0.4 is 5.32 Å². The fraction of sp³-hybridized carbons (Fsp3) is 0.375. The molecule has 1 aromatic heterocycles. The Kier molecular flexibility index (Phi) is 4.56. The summed E-state index contributed by atoms with van der Waals surface area (Å²) in [6, 6.07) is 9.35. The molecule has 0 fully saturated rings. The smallest absolute Gasteiger partial charge is 0.0292 e. The number of nitrogens with one attached hydrogen (secondary N) is 1. The lowest BCUT2D eigenvalue weighted by molar-refractivity contribution is 0.577. The lowest BCUT2D eigenvalue weighted by Gasteiger charge is -2.15. The number of rotatable bonds is 5. The first-order valence-corrected chi connectivity index (χ1v) is 7.42. The maximum absolute atomic E-state index is 3.59. The summed E-state index contributed by atoms with van der Waals surface area (Å²) in [6.07, 6.45) is 1.11. The van der Waals surface area contributed by atoms with Crippen LogP contribution in [0.25, 0.3) is 0 Å². The first-order chi connectivity index (χ1) is 8.66. The molecule has 1 aromatic carbocycles. The van der Waals surface area contributed by atoms with Crippen molar-refractivity contribution in [3.05, 3.63) is 57.3 Å². The van der Waals surface area contributed by atoms with Crippen molar-refractivity contribution in [3.8, 4) is 0 Å². The van der Waals surface area contributed by atoms with Crippen LogP contribution in [0.5, 0.6) is 0 Å². The van der Waals surface area contributed by atoms with Gasteiger partial charge in [-0.3, -0.25) is 0 Å². The largest absolute Gasteiger partial charge is 0.310 e. The summed E-state index contributed by atoms with van der Waals surface area (Å²) in [5, 5.41) is 7.95. The van der Waals surface area contributed by atoms with Gasteiger partial charge in [0.05, 0.1) is 0 Å². The van der Waals surface area contributed by atoms with E-state index in [-0.39, 0.29) is 0 Å². The molecule has 0 aliphatic carbocycles. The highest BCUT2D eigenvalue weighted by Gasteiger charge is 2.05. The molecule has 0 amide bonds. The number of benzene rings is 1. The van der Waals surface area contributed by atoms with Crippen LogP contribution in [0, 0.1) is 13.8 Å². The third kappa shape index (κ3) is 3.44. The van der Waals surface area contributed by atoms with Gasteiger partial charge >= 0.3 is 0 Å². The third-order valence-electron chi connectivity index (χ3n) is 3.48. The SMILES string of the molecule is Cc1ccc(C(C)NCCc2ccsc2)cc1C. The van der Waals surface area contributed by atoms with Crippen LogP contribution in [0.15, 0.2) is 35.0 Å². The molecule has 0 aliphatic rings. The Balaban J connectivity index is 1.87. The van der Waals surface area contributed by atoms with Crippen LogP contribution in [0.2, 0.25) is 0 Å². The molecular formula is C16H21NS. The Bertz CT molecular complexity index is 488. The first-order valence-electron chi connectivity index (χ1n) is 6.48. The summed E-state index contributed by atoms with van der Waals surface area (Å²) in [4.78, 5) is 0. The van der Waals surface area contributed by atoms with Gasteiger partial charge in [0.15, 0.2) is 0 Å². The molecule has 0 aliphatic heterocycles. The molecule has 18 heavy (non-hydrogen) atoms. The molecule has 1 unspecified atom stereocenters. The Morgan fingerprint density at radius 2 is 2.00 bits per heavy atom. The van der Waals surface area contributed by atoms with E-state index in [1.165, 1.54) is 22.3 Å². The van der Waals surface area contributed by atoms with Gasteiger partial charge in [-0.1, -0.05) is 18.2 Å². The van der Waals surface area contributed by atoms with Crippen LogP contribution in [0.3, 0.4) is 0 Å². The van der Waals surface area contributed by atoms with Crippen molar-refractivity contribution >= 4 is 11.3 Å². The van der Waals surface area contributed by atoms with E-state index in [2.05, 4.69) is 61.1 Å². The second kappa shape index (κ2) is 6.17. The van der Waals surface area contributed by atoms with E-state index in [1.807, 2.05) is 0 Å². The highest BCUT2D eigenvalue weighted by molar-refractivity contribution is 7.07. The van der Waals surface area contributed by atoms with Gasteiger partial charge in [0.2, 0.25) is 0 Å². The molecule has 96 valence electrons. The van der Waals surface area contributed by atoms with Crippen molar-refractivity contribution in [2.75, 3.05) is 6.54 Å². The Hall–Kier alpha value is -1.12. The summed E-state index contributed by atoms with van der Waals surface area (Å²) in [5.74, 6) is 0. The molecule has 0 saturated heterocycles. The average molecular weight is 259 g/mol. The Morgan fingerprint density at radius 3 is 2.67 bits per heavy atom. The first kappa shape index (κ1) is 13.3. The molecule has 1 atom stereocenters. The maximum atomic E-state index is 3.59. The molecule has 2 rings (SSSR count). The highest BCUT2D eigenvalue weighted by Crippen LogP contribution is 2.16. The second-order valence-electron chi connectivity index (χ2n) is 4.90. The van der Waals surface area contributed by atoms with Gasteiger partial charge in [-0.05, 0) is 72.8 Å². The van der Waals surface area contributed by atoms with E-state index in [4.69, 9.17) is 0 Å². The van der Waals surface area contributed by atoms with Crippen molar-refractivity contribution in [2.45, 2.75) is 33.2 Å². The lowest BCUT2D eigenvalue weighted by atomic mass is 10.0. The minimum atomic E-state index is 0.419. The van der Waals surface area contributed by atoms with Gasteiger partial charge in [-0.2, -0.15) is 11.3 Å². The van der Waals surface area contributed by atoms with E-state index in [1.54, 1.807) is 11.3 Å². The van der Waals surface area contributed by atoms with Crippen LogP contribution in [-0.4, -0.2) is 6.54 Å². The molecule has 2 aromatic rings. The predicted molar refractivity (Wildman–Crippen MR) is 80.4 cm³/mol. The van der Waals surface area contributed by atoms with Crippen molar-refractivity contribution in [3.63, 3.8) is 0 Å². The minimum Gasteiger partial charge on any atom is -0.310 e. The van der Waals surface area contributed by atoms with Gasteiger partial charge in [0.25, 0.3) is 0 Å². The molecule has 2 heteroatoms. The molecule has 0 saturated carbocycles. The predicted octanol–water partition coefficient (Wildman–Crippen LogP) is 4.26. The van der Waals surface area contributed by atoms with Crippen molar-refractivity contribution in [1.29, 1.82) is 0 Å². The number of hydrogen-bond donors (Lipinski definition) is 1. The maximum Gasteiger partial charge on any atom is 0.0292 e. The van der Waals surface area contributed by atoms with Gasteiger partial charge in [-0.15, -0.1) is 0 Å². The fourth-order valence-electron chi connectivity index (χ4n) is 2.02. The van der Waals surface area contributed by atoms with Crippen molar-refractivity contribution in [1.82, 2.24) is 5.32 Å². The number of thiophene rings is 1. The van der Waals surface area contributed by atoms with Gasteiger partial charge in [-0.25, -0.2) is 0 Å².